The van der Waals surface area contributed by atoms with Crippen molar-refractivity contribution in [2.45, 2.75) is 38.0 Å². The third-order valence-electron chi connectivity index (χ3n) is 3.15. The van der Waals surface area contributed by atoms with Gasteiger partial charge in [-0.1, -0.05) is 42.1 Å². The average molecular weight is 257 g/mol. The molecule has 0 aromatic heterocycles. The van der Waals surface area contributed by atoms with Crippen molar-refractivity contribution in [2.24, 2.45) is 0 Å². The van der Waals surface area contributed by atoms with Crippen LogP contribution < -0.4 is 0 Å². The van der Waals surface area contributed by atoms with Crippen molar-refractivity contribution in [3.05, 3.63) is 33.8 Å². The second-order valence-corrected chi connectivity index (χ2v) is 5.07. The summed E-state index contributed by atoms with van der Waals surface area (Å²) in [6.07, 6.45) is 4.74. The van der Waals surface area contributed by atoms with E-state index < -0.39 is 0 Å². The number of Topliss-reactive ketones (excluding diaryl/α,β-unsaturated/α-hetero) is 1. The molecule has 0 bridgehead atoms. The van der Waals surface area contributed by atoms with Crippen LogP contribution in [0.4, 0.5) is 0 Å². The Morgan fingerprint density at radius 3 is 2.44 bits per heavy atom. The third-order valence-corrected chi connectivity index (χ3v) is 3.81. The zero-order chi connectivity index (χ0) is 11.5. The molecule has 0 spiro atoms. The largest absolute Gasteiger partial charge is 0.299 e. The van der Waals surface area contributed by atoms with Gasteiger partial charge in [0.15, 0.2) is 0 Å². The van der Waals surface area contributed by atoms with Gasteiger partial charge in [-0.2, -0.15) is 0 Å². The molecule has 0 amide bonds. The maximum absolute atomic E-state index is 12.0. The van der Waals surface area contributed by atoms with E-state index in [-0.39, 0.29) is 11.7 Å². The van der Waals surface area contributed by atoms with Crippen LogP contribution in [0.25, 0.3) is 0 Å². The summed E-state index contributed by atoms with van der Waals surface area (Å²) in [6, 6.07) is 5.43. The lowest BCUT2D eigenvalue weighted by molar-refractivity contribution is -0.120. The second kappa shape index (κ2) is 5.20. The van der Waals surface area contributed by atoms with Gasteiger partial charge in [-0.05, 0) is 30.5 Å². The molecule has 1 nitrogen and oxygen atoms in total. The molecule has 16 heavy (non-hydrogen) atoms. The number of benzene rings is 1. The van der Waals surface area contributed by atoms with Gasteiger partial charge in [0.05, 0.1) is 0 Å². The number of rotatable bonds is 1. The Balaban J connectivity index is 2.37. The quantitative estimate of drug-likeness (QED) is 0.671. The predicted molar refractivity (Wildman–Crippen MR) is 67.3 cm³/mol. The van der Waals surface area contributed by atoms with E-state index in [1.165, 1.54) is 0 Å². The molecule has 3 heteroatoms. The van der Waals surface area contributed by atoms with E-state index in [1.807, 2.05) is 6.07 Å². The van der Waals surface area contributed by atoms with Crippen LogP contribution in [-0.4, -0.2) is 5.78 Å². The molecule has 0 radical (unpaired) electrons. The van der Waals surface area contributed by atoms with E-state index in [4.69, 9.17) is 23.2 Å². The molecule has 2 rings (SSSR count). The lowest BCUT2D eigenvalue weighted by atomic mass is 9.90. The van der Waals surface area contributed by atoms with Crippen LogP contribution in [0.5, 0.6) is 0 Å². The first-order valence-electron chi connectivity index (χ1n) is 5.67. The van der Waals surface area contributed by atoms with Crippen LogP contribution >= 0.6 is 23.2 Å². The monoisotopic (exact) mass is 256 g/mol. The van der Waals surface area contributed by atoms with Gasteiger partial charge < -0.3 is 0 Å². The highest BCUT2D eigenvalue weighted by molar-refractivity contribution is 6.36. The molecule has 1 aromatic rings. The van der Waals surface area contributed by atoms with Crippen molar-refractivity contribution in [1.29, 1.82) is 0 Å². The predicted octanol–water partition coefficient (Wildman–Crippen LogP) is 4.61. The zero-order valence-electron chi connectivity index (χ0n) is 9.01. The molecule has 1 unspecified atom stereocenters. The van der Waals surface area contributed by atoms with Gasteiger partial charge in [0.25, 0.3) is 0 Å². The van der Waals surface area contributed by atoms with E-state index in [9.17, 15) is 4.79 Å². The van der Waals surface area contributed by atoms with Crippen LogP contribution in [0.1, 0.15) is 43.6 Å². The van der Waals surface area contributed by atoms with Crippen molar-refractivity contribution < 1.29 is 4.79 Å². The van der Waals surface area contributed by atoms with Crippen LogP contribution in [0, 0.1) is 0 Å². The first kappa shape index (κ1) is 11.9. The molecular weight excluding hydrogens is 243 g/mol. The second-order valence-electron chi connectivity index (χ2n) is 4.25. The van der Waals surface area contributed by atoms with Crippen LogP contribution in [0.15, 0.2) is 18.2 Å². The Labute approximate surface area is 106 Å². The number of ketones is 1. The van der Waals surface area contributed by atoms with Crippen molar-refractivity contribution in [2.75, 3.05) is 0 Å². The van der Waals surface area contributed by atoms with Gasteiger partial charge in [0.1, 0.15) is 5.78 Å². The van der Waals surface area contributed by atoms with Crippen molar-refractivity contribution in [3.63, 3.8) is 0 Å². The normalized spacial score (nSPS) is 21.9. The van der Waals surface area contributed by atoms with Gasteiger partial charge in [0, 0.05) is 22.4 Å². The number of halogens is 2. The number of carbonyl (C=O) groups is 1. The summed E-state index contributed by atoms with van der Waals surface area (Å²) >= 11 is 12.3. The van der Waals surface area contributed by atoms with Crippen molar-refractivity contribution >= 4 is 29.0 Å². The lowest BCUT2D eigenvalue weighted by Gasteiger charge is -2.16. The fourth-order valence-corrected chi connectivity index (χ4v) is 2.97. The number of hydrogen-bond acceptors (Lipinski definition) is 1. The Morgan fingerprint density at radius 1 is 1.06 bits per heavy atom. The Morgan fingerprint density at radius 2 is 1.75 bits per heavy atom. The molecule has 1 aliphatic carbocycles. The van der Waals surface area contributed by atoms with Gasteiger partial charge in [0.2, 0.25) is 0 Å². The van der Waals surface area contributed by atoms with E-state index >= 15 is 0 Å². The fraction of sp³-hybridized carbons (Fsp3) is 0.462. The van der Waals surface area contributed by atoms with E-state index in [0.29, 0.717) is 16.5 Å². The Hall–Kier alpha value is -0.530. The maximum atomic E-state index is 12.0. The molecule has 1 aliphatic rings. The smallest absolute Gasteiger partial charge is 0.140 e. The van der Waals surface area contributed by atoms with Crippen molar-refractivity contribution in [1.82, 2.24) is 0 Å². The molecule has 1 atom stereocenters. The minimum atomic E-state index is -0.0938. The summed E-state index contributed by atoms with van der Waals surface area (Å²) in [4.78, 5) is 12.0. The number of carbonyl (C=O) groups excluding carboxylic acids is 1. The van der Waals surface area contributed by atoms with Crippen LogP contribution in [0.2, 0.25) is 10.0 Å². The third kappa shape index (κ3) is 2.41. The molecule has 0 N–H and O–H groups in total. The maximum Gasteiger partial charge on any atom is 0.140 e. The summed E-state index contributed by atoms with van der Waals surface area (Å²) < 4.78 is 0. The van der Waals surface area contributed by atoms with Gasteiger partial charge in [-0.25, -0.2) is 0 Å². The SMILES string of the molecule is O=C1CCCCCC1c1c(Cl)cccc1Cl. The van der Waals surface area contributed by atoms with E-state index in [2.05, 4.69) is 0 Å². The van der Waals surface area contributed by atoms with Gasteiger partial charge in [-0.3, -0.25) is 4.79 Å². The summed E-state index contributed by atoms with van der Waals surface area (Å²) in [5, 5.41) is 1.24. The lowest BCUT2D eigenvalue weighted by Crippen LogP contribution is -2.11. The zero-order valence-corrected chi connectivity index (χ0v) is 10.5. The number of hydrogen-bond donors (Lipinski definition) is 0. The van der Waals surface area contributed by atoms with Gasteiger partial charge >= 0.3 is 0 Å². The average Bonchev–Trinajstić information content (AvgIpc) is 2.44. The summed E-state index contributed by atoms with van der Waals surface area (Å²) in [7, 11) is 0. The highest BCUT2D eigenvalue weighted by Crippen LogP contribution is 2.37. The molecule has 0 aliphatic heterocycles. The highest BCUT2D eigenvalue weighted by atomic mass is 35.5. The molecule has 0 saturated heterocycles. The topological polar surface area (TPSA) is 17.1 Å². The molecular formula is C13H14Cl2O. The molecule has 1 saturated carbocycles. The van der Waals surface area contributed by atoms with Gasteiger partial charge in [-0.15, -0.1) is 0 Å². The standard InChI is InChI=1S/C13H14Cl2O/c14-10-6-4-7-11(15)13(10)9-5-2-1-3-8-12(9)16/h4,6-7,9H,1-3,5,8H2. The first-order chi connectivity index (χ1) is 7.70. The highest BCUT2D eigenvalue weighted by Gasteiger charge is 2.26. The van der Waals surface area contributed by atoms with Crippen LogP contribution in [0.3, 0.4) is 0 Å². The molecule has 0 heterocycles. The molecule has 86 valence electrons. The van der Waals surface area contributed by atoms with Crippen molar-refractivity contribution in [3.8, 4) is 0 Å². The molecule has 1 aromatic carbocycles. The Kier molecular flexibility index (Phi) is 3.88. The summed E-state index contributed by atoms with van der Waals surface area (Å²) in [6.45, 7) is 0. The fourth-order valence-electron chi connectivity index (χ4n) is 2.31. The van der Waals surface area contributed by atoms with Crippen LogP contribution in [-0.2, 0) is 4.79 Å². The summed E-state index contributed by atoms with van der Waals surface area (Å²) in [5.74, 6) is 0.191. The minimum absolute atomic E-state index is 0.0938. The van der Waals surface area contributed by atoms with E-state index in [0.717, 1.165) is 31.2 Å². The first-order valence-corrected chi connectivity index (χ1v) is 6.42. The van der Waals surface area contributed by atoms with E-state index in [1.54, 1.807) is 12.1 Å². The summed E-state index contributed by atoms with van der Waals surface area (Å²) in [5.41, 5.74) is 0.831. The molecule has 1 fully saturated rings. The Bertz CT molecular complexity index is 381. The minimum Gasteiger partial charge on any atom is -0.299 e.